The number of carbonyl (C=O) groups is 1. The highest BCUT2D eigenvalue weighted by molar-refractivity contribution is 5.94. The average molecular weight is 274 g/mol. The summed E-state index contributed by atoms with van der Waals surface area (Å²) in [6.45, 7) is 2.49. The number of aliphatic hydroxyl groups is 1. The first-order chi connectivity index (χ1) is 9.72. The summed E-state index contributed by atoms with van der Waals surface area (Å²) in [5.74, 6) is -0.0283. The molecular weight excluding hydrogens is 252 g/mol. The number of carbonyl (C=O) groups excluding carboxylic acids is 1. The van der Waals surface area contributed by atoms with Crippen LogP contribution in [-0.4, -0.2) is 24.2 Å². The van der Waals surface area contributed by atoms with Crippen molar-refractivity contribution < 1.29 is 9.90 Å². The molecule has 1 aliphatic heterocycles. The van der Waals surface area contributed by atoms with Crippen LogP contribution in [0.25, 0.3) is 0 Å². The van der Waals surface area contributed by atoms with Crippen LogP contribution in [0.2, 0.25) is 0 Å². The predicted molar refractivity (Wildman–Crippen MR) is 77.3 cm³/mol. The monoisotopic (exact) mass is 274 g/mol. The maximum absolute atomic E-state index is 12.2. The molecule has 1 aromatic carbocycles. The van der Waals surface area contributed by atoms with Gasteiger partial charge in [0.1, 0.15) is 0 Å². The van der Waals surface area contributed by atoms with E-state index in [4.69, 9.17) is 0 Å². The van der Waals surface area contributed by atoms with Gasteiger partial charge < -0.3 is 15.7 Å². The summed E-state index contributed by atoms with van der Waals surface area (Å²) >= 11 is 0. The van der Waals surface area contributed by atoms with Crippen molar-refractivity contribution in [1.29, 1.82) is 0 Å². The normalized spacial score (nSPS) is 19.9. The average Bonchev–Trinajstić information content (AvgIpc) is 3.13. The highest BCUT2D eigenvalue weighted by Gasteiger charge is 2.33. The van der Waals surface area contributed by atoms with Gasteiger partial charge in [-0.3, -0.25) is 4.79 Å². The quantitative estimate of drug-likeness (QED) is 0.781. The molecular formula is C16H22N2O2. The molecule has 0 unspecified atom stereocenters. The van der Waals surface area contributed by atoms with E-state index in [0.29, 0.717) is 6.54 Å². The number of amides is 1. The number of aliphatic hydroxyl groups excluding tert-OH is 1. The number of hydrogen-bond acceptors (Lipinski definition) is 3. The minimum atomic E-state index is -0.0893. The minimum Gasteiger partial charge on any atom is -0.396 e. The number of fused-ring (bicyclic) bond motifs is 1. The molecule has 1 heterocycles. The molecule has 2 aliphatic rings. The van der Waals surface area contributed by atoms with Crippen molar-refractivity contribution in [3.63, 3.8) is 0 Å². The Morgan fingerprint density at radius 2 is 2.00 bits per heavy atom. The van der Waals surface area contributed by atoms with Crippen LogP contribution in [-0.2, 0) is 13.1 Å². The molecule has 0 saturated heterocycles. The minimum absolute atomic E-state index is 0.0283. The Hall–Kier alpha value is -1.39. The van der Waals surface area contributed by atoms with Crippen LogP contribution in [0.15, 0.2) is 18.2 Å². The van der Waals surface area contributed by atoms with E-state index < -0.39 is 0 Å². The van der Waals surface area contributed by atoms with Crippen LogP contribution in [0.5, 0.6) is 0 Å². The van der Waals surface area contributed by atoms with E-state index in [1.54, 1.807) is 0 Å². The van der Waals surface area contributed by atoms with Gasteiger partial charge in [0.25, 0.3) is 5.91 Å². The maximum Gasteiger partial charge on any atom is 0.251 e. The molecule has 108 valence electrons. The second-order valence-electron chi connectivity index (χ2n) is 6.13. The Morgan fingerprint density at radius 1 is 1.25 bits per heavy atom. The SMILES string of the molecule is O=C(NCC1(CO)CCCC1)c1ccc2c(c1)CNC2. The zero-order valence-corrected chi connectivity index (χ0v) is 11.7. The molecule has 0 aromatic heterocycles. The number of hydrogen-bond donors (Lipinski definition) is 3. The highest BCUT2D eigenvalue weighted by atomic mass is 16.3. The standard InChI is InChI=1S/C16H22N2O2/c19-11-16(5-1-2-6-16)10-18-15(20)12-3-4-13-8-17-9-14(13)7-12/h3-4,7,17,19H,1-2,5-6,8-11H2,(H,18,20). The van der Waals surface area contributed by atoms with Crippen molar-refractivity contribution in [2.45, 2.75) is 38.8 Å². The van der Waals surface area contributed by atoms with E-state index >= 15 is 0 Å². The molecule has 1 saturated carbocycles. The Balaban J connectivity index is 1.64. The van der Waals surface area contributed by atoms with E-state index in [-0.39, 0.29) is 17.9 Å². The van der Waals surface area contributed by atoms with Crippen molar-refractivity contribution in [2.24, 2.45) is 5.41 Å². The van der Waals surface area contributed by atoms with Crippen molar-refractivity contribution in [2.75, 3.05) is 13.2 Å². The molecule has 1 aromatic rings. The van der Waals surface area contributed by atoms with Gasteiger partial charge in [-0.15, -0.1) is 0 Å². The number of nitrogens with one attached hydrogen (secondary N) is 2. The highest BCUT2D eigenvalue weighted by Crippen LogP contribution is 2.36. The zero-order valence-electron chi connectivity index (χ0n) is 11.7. The number of rotatable bonds is 4. The van der Waals surface area contributed by atoms with Gasteiger partial charge in [-0.05, 0) is 36.1 Å². The second-order valence-corrected chi connectivity index (χ2v) is 6.13. The van der Waals surface area contributed by atoms with Gasteiger partial charge in [-0.2, -0.15) is 0 Å². The first-order valence-corrected chi connectivity index (χ1v) is 7.44. The Labute approximate surface area is 119 Å². The third-order valence-electron chi connectivity index (χ3n) is 4.72. The fourth-order valence-corrected chi connectivity index (χ4v) is 3.32. The Bertz CT molecular complexity index is 507. The lowest BCUT2D eigenvalue weighted by Gasteiger charge is -2.26. The van der Waals surface area contributed by atoms with Gasteiger partial charge in [-0.25, -0.2) is 0 Å². The third-order valence-corrected chi connectivity index (χ3v) is 4.72. The summed E-state index contributed by atoms with van der Waals surface area (Å²) < 4.78 is 0. The van der Waals surface area contributed by atoms with Gasteiger partial charge >= 0.3 is 0 Å². The lowest BCUT2D eigenvalue weighted by Crippen LogP contribution is -2.38. The molecule has 20 heavy (non-hydrogen) atoms. The first-order valence-electron chi connectivity index (χ1n) is 7.44. The lowest BCUT2D eigenvalue weighted by molar-refractivity contribution is 0.0880. The molecule has 0 atom stereocenters. The fourth-order valence-electron chi connectivity index (χ4n) is 3.32. The Kier molecular flexibility index (Phi) is 3.76. The first kappa shape index (κ1) is 13.6. The van der Waals surface area contributed by atoms with Gasteiger partial charge in [0, 0.05) is 30.6 Å². The summed E-state index contributed by atoms with van der Waals surface area (Å²) in [5, 5.41) is 15.9. The number of benzene rings is 1. The molecule has 4 nitrogen and oxygen atoms in total. The summed E-state index contributed by atoms with van der Waals surface area (Å²) in [5.41, 5.74) is 3.13. The van der Waals surface area contributed by atoms with Crippen LogP contribution in [0.4, 0.5) is 0 Å². The molecule has 3 rings (SSSR count). The van der Waals surface area contributed by atoms with Gasteiger partial charge in [0.2, 0.25) is 0 Å². The molecule has 3 N–H and O–H groups in total. The van der Waals surface area contributed by atoms with Crippen LogP contribution >= 0.6 is 0 Å². The lowest BCUT2D eigenvalue weighted by atomic mass is 9.87. The molecule has 1 aliphatic carbocycles. The van der Waals surface area contributed by atoms with Crippen LogP contribution < -0.4 is 10.6 Å². The van der Waals surface area contributed by atoms with Crippen LogP contribution in [0.3, 0.4) is 0 Å². The van der Waals surface area contributed by atoms with E-state index in [1.165, 1.54) is 11.1 Å². The maximum atomic E-state index is 12.2. The summed E-state index contributed by atoms with van der Waals surface area (Å²) in [7, 11) is 0. The molecule has 1 amide bonds. The molecule has 1 fully saturated rings. The largest absolute Gasteiger partial charge is 0.396 e. The molecule has 0 bridgehead atoms. The smallest absolute Gasteiger partial charge is 0.251 e. The van der Waals surface area contributed by atoms with Gasteiger partial charge in [0.05, 0.1) is 6.61 Å². The second kappa shape index (κ2) is 5.54. The van der Waals surface area contributed by atoms with E-state index in [0.717, 1.165) is 44.3 Å². The van der Waals surface area contributed by atoms with Crippen molar-refractivity contribution >= 4 is 5.91 Å². The molecule has 4 heteroatoms. The molecule has 0 spiro atoms. The summed E-state index contributed by atoms with van der Waals surface area (Å²) in [6, 6.07) is 5.90. The summed E-state index contributed by atoms with van der Waals surface area (Å²) in [6.07, 6.45) is 4.33. The van der Waals surface area contributed by atoms with Crippen molar-refractivity contribution in [3.05, 3.63) is 34.9 Å². The van der Waals surface area contributed by atoms with Gasteiger partial charge in [-0.1, -0.05) is 18.9 Å². The van der Waals surface area contributed by atoms with E-state index in [9.17, 15) is 9.90 Å². The molecule has 0 radical (unpaired) electrons. The van der Waals surface area contributed by atoms with Gasteiger partial charge in [0.15, 0.2) is 0 Å². The van der Waals surface area contributed by atoms with Crippen LogP contribution in [0.1, 0.15) is 47.2 Å². The van der Waals surface area contributed by atoms with Crippen LogP contribution in [0, 0.1) is 5.41 Å². The Morgan fingerprint density at radius 3 is 2.75 bits per heavy atom. The van der Waals surface area contributed by atoms with E-state index in [1.807, 2.05) is 18.2 Å². The zero-order chi connectivity index (χ0) is 14.0. The fraction of sp³-hybridized carbons (Fsp3) is 0.562. The van der Waals surface area contributed by atoms with Crippen molar-refractivity contribution in [3.8, 4) is 0 Å². The van der Waals surface area contributed by atoms with E-state index in [2.05, 4.69) is 10.6 Å². The van der Waals surface area contributed by atoms with Crippen molar-refractivity contribution in [1.82, 2.24) is 10.6 Å². The predicted octanol–water partition coefficient (Wildman–Crippen LogP) is 1.57. The third kappa shape index (κ3) is 2.58. The topological polar surface area (TPSA) is 61.4 Å². The summed E-state index contributed by atoms with van der Waals surface area (Å²) in [4.78, 5) is 12.2.